The Morgan fingerprint density at radius 3 is 2.55 bits per heavy atom. The number of ether oxygens (including phenoxy) is 1. The van der Waals surface area contributed by atoms with E-state index >= 15 is 0 Å². The number of nitrogens with one attached hydrogen (secondary N) is 2. The maximum Gasteiger partial charge on any atom is 0.316 e. The van der Waals surface area contributed by atoms with Crippen molar-refractivity contribution in [1.29, 1.82) is 0 Å². The summed E-state index contributed by atoms with van der Waals surface area (Å²) in [6.07, 6.45) is 3.76. The predicted molar refractivity (Wildman–Crippen MR) is 128 cm³/mol. The van der Waals surface area contributed by atoms with E-state index in [1.165, 1.54) is 0 Å². The number of fused-ring (bicyclic) bond motifs is 1. The minimum Gasteiger partial charge on any atom is -0.465 e. The first-order valence-electron chi connectivity index (χ1n) is 11.4. The number of hydrogen-bond donors (Lipinski definition) is 2. The molecule has 1 amide bonds. The van der Waals surface area contributed by atoms with Crippen LogP contribution < -0.4 is 10.6 Å². The highest BCUT2D eigenvalue weighted by Gasteiger charge is 2.42. The molecule has 1 fully saturated rings. The van der Waals surface area contributed by atoms with Crippen LogP contribution in [0.5, 0.6) is 0 Å². The van der Waals surface area contributed by atoms with Crippen molar-refractivity contribution in [3.05, 3.63) is 70.1 Å². The first-order chi connectivity index (χ1) is 16.0. The van der Waals surface area contributed by atoms with Crippen LogP contribution in [0.15, 0.2) is 42.6 Å². The first-order valence-corrected chi connectivity index (χ1v) is 11.8. The second-order valence-corrected chi connectivity index (χ2v) is 8.70. The van der Waals surface area contributed by atoms with Gasteiger partial charge in [0.25, 0.3) is 5.91 Å². The van der Waals surface area contributed by atoms with E-state index in [0.717, 1.165) is 29.9 Å². The summed E-state index contributed by atoms with van der Waals surface area (Å²) in [5.74, 6) is -0.363. The molecule has 0 aliphatic carbocycles. The van der Waals surface area contributed by atoms with Crippen molar-refractivity contribution in [3.8, 4) is 0 Å². The lowest BCUT2D eigenvalue weighted by molar-refractivity contribution is -0.151. The number of rotatable bonds is 7. The number of halogens is 1. The second-order valence-electron chi connectivity index (χ2n) is 8.27. The highest BCUT2D eigenvalue weighted by molar-refractivity contribution is 6.30. The third kappa shape index (κ3) is 4.61. The van der Waals surface area contributed by atoms with Crippen molar-refractivity contribution in [2.75, 3.05) is 19.7 Å². The Balaban J connectivity index is 1.51. The summed E-state index contributed by atoms with van der Waals surface area (Å²) in [7, 11) is 0. The third-order valence-electron chi connectivity index (χ3n) is 6.29. The molecule has 3 aromatic rings. The van der Waals surface area contributed by atoms with Crippen LogP contribution in [0, 0.1) is 0 Å². The van der Waals surface area contributed by atoms with E-state index in [1.54, 1.807) is 22.7 Å². The largest absolute Gasteiger partial charge is 0.465 e. The molecule has 2 aromatic heterocycles. The number of carbonyl (C=O) groups excluding carboxylic acids is 2. The fourth-order valence-corrected chi connectivity index (χ4v) is 4.66. The lowest BCUT2D eigenvalue weighted by Crippen LogP contribution is -2.46. The van der Waals surface area contributed by atoms with Crippen molar-refractivity contribution in [1.82, 2.24) is 20.0 Å². The molecule has 1 aliphatic heterocycles. The van der Waals surface area contributed by atoms with E-state index in [4.69, 9.17) is 16.3 Å². The quantitative estimate of drug-likeness (QED) is 0.517. The standard InChI is InChI=1S/C25H29ClN4O3/c1-3-20-22(30-16-19(26)9-10-21(30)29-20)23(31)28-15-17-5-7-18(8-6-17)25(24(32)33-4-2)11-13-27-14-12-25/h5-10,16,27H,3-4,11-15H2,1-2H3,(H,28,31). The van der Waals surface area contributed by atoms with Crippen molar-refractivity contribution in [2.24, 2.45) is 0 Å². The van der Waals surface area contributed by atoms with Crippen molar-refractivity contribution in [2.45, 2.75) is 45.1 Å². The summed E-state index contributed by atoms with van der Waals surface area (Å²) in [5, 5.41) is 6.86. The van der Waals surface area contributed by atoms with Gasteiger partial charge in [-0.1, -0.05) is 42.8 Å². The second kappa shape index (κ2) is 9.93. The van der Waals surface area contributed by atoms with Gasteiger partial charge in [0.2, 0.25) is 0 Å². The topological polar surface area (TPSA) is 84.7 Å². The number of aryl methyl sites for hydroxylation is 1. The van der Waals surface area contributed by atoms with Gasteiger partial charge < -0.3 is 15.4 Å². The number of hydrogen-bond acceptors (Lipinski definition) is 5. The van der Waals surface area contributed by atoms with Gasteiger partial charge in [-0.3, -0.25) is 14.0 Å². The van der Waals surface area contributed by atoms with Crippen LogP contribution in [0.25, 0.3) is 5.65 Å². The molecule has 0 spiro atoms. The normalized spacial score (nSPS) is 15.4. The lowest BCUT2D eigenvalue weighted by atomic mass is 9.73. The summed E-state index contributed by atoms with van der Waals surface area (Å²) >= 11 is 6.14. The Morgan fingerprint density at radius 1 is 1.15 bits per heavy atom. The minimum absolute atomic E-state index is 0.161. The zero-order valence-corrected chi connectivity index (χ0v) is 19.7. The highest BCUT2D eigenvalue weighted by atomic mass is 35.5. The Bertz CT molecular complexity index is 1150. The van der Waals surface area contributed by atoms with Crippen LogP contribution in [-0.2, 0) is 27.9 Å². The Labute approximate surface area is 198 Å². The van der Waals surface area contributed by atoms with Crippen LogP contribution in [-0.4, -0.2) is 41.0 Å². The molecular weight excluding hydrogens is 440 g/mol. The first kappa shape index (κ1) is 23.3. The van der Waals surface area contributed by atoms with Crippen molar-refractivity contribution >= 4 is 29.1 Å². The number of esters is 1. The van der Waals surface area contributed by atoms with Crippen LogP contribution in [0.2, 0.25) is 5.02 Å². The van der Waals surface area contributed by atoms with Gasteiger partial charge in [0, 0.05) is 12.7 Å². The molecule has 174 valence electrons. The zero-order valence-electron chi connectivity index (χ0n) is 19.0. The summed E-state index contributed by atoms with van der Waals surface area (Å²) in [5.41, 5.74) is 3.22. The zero-order chi connectivity index (χ0) is 23.4. The van der Waals surface area contributed by atoms with Gasteiger partial charge >= 0.3 is 5.97 Å². The maximum absolute atomic E-state index is 13.0. The molecule has 4 rings (SSSR count). The average molecular weight is 469 g/mol. The lowest BCUT2D eigenvalue weighted by Gasteiger charge is -2.35. The number of amides is 1. The number of carbonyl (C=O) groups is 2. The molecule has 1 saturated heterocycles. The van der Waals surface area contributed by atoms with Crippen LogP contribution in [0.3, 0.4) is 0 Å². The molecule has 0 atom stereocenters. The highest BCUT2D eigenvalue weighted by Crippen LogP contribution is 2.35. The molecule has 2 N–H and O–H groups in total. The predicted octanol–water partition coefficient (Wildman–Crippen LogP) is 3.66. The van der Waals surface area contributed by atoms with Gasteiger partial charge in [-0.25, -0.2) is 4.98 Å². The van der Waals surface area contributed by atoms with Gasteiger partial charge in [0.15, 0.2) is 0 Å². The third-order valence-corrected chi connectivity index (χ3v) is 6.51. The smallest absolute Gasteiger partial charge is 0.316 e. The number of pyridine rings is 1. The summed E-state index contributed by atoms with van der Waals surface area (Å²) < 4.78 is 7.15. The number of benzene rings is 1. The molecule has 0 radical (unpaired) electrons. The number of imidazole rings is 1. The molecule has 7 nitrogen and oxygen atoms in total. The van der Waals surface area contributed by atoms with E-state index in [0.29, 0.717) is 48.8 Å². The van der Waals surface area contributed by atoms with Crippen molar-refractivity contribution < 1.29 is 14.3 Å². The van der Waals surface area contributed by atoms with Crippen LogP contribution in [0.1, 0.15) is 54.0 Å². The van der Waals surface area contributed by atoms with Gasteiger partial charge in [0.1, 0.15) is 11.3 Å². The summed E-state index contributed by atoms with van der Waals surface area (Å²) in [6.45, 7) is 6.09. The summed E-state index contributed by atoms with van der Waals surface area (Å²) in [4.78, 5) is 30.4. The molecule has 3 heterocycles. The Hall–Kier alpha value is -2.90. The van der Waals surface area contributed by atoms with E-state index < -0.39 is 5.41 Å². The van der Waals surface area contributed by atoms with Crippen LogP contribution in [0.4, 0.5) is 0 Å². The molecule has 8 heteroatoms. The fourth-order valence-electron chi connectivity index (χ4n) is 4.50. The molecule has 0 unspecified atom stereocenters. The van der Waals surface area contributed by atoms with Crippen molar-refractivity contribution in [3.63, 3.8) is 0 Å². The van der Waals surface area contributed by atoms with Gasteiger partial charge in [0.05, 0.1) is 22.7 Å². The molecule has 0 bridgehead atoms. The maximum atomic E-state index is 13.0. The van der Waals surface area contributed by atoms with E-state index in [9.17, 15) is 9.59 Å². The van der Waals surface area contributed by atoms with Gasteiger partial charge in [-0.15, -0.1) is 0 Å². The molecule has 1 aliphatic rings. The molecule has 33 heavy (non-hydrogen) atoms. The van der Waals surface area contributed by atoms with Crippen LogP contribution >= 0.6 is 11.6 Å². The Morgan fingerprint density at radius 2 is 1.88 bits per heavy atom. The van der Waals surface area contributed by atoms with Gasteiger partial charge in [-0.2, -0.15) is 0 Å². The monoisotopic (exact) mass is 468 g/mol. The number of nitrogens with zero attached hydrogens (tertiary/aromatic N) is 2. The summed E-state index contributed by atoms with van der Waals surface area (Å²) in [6, 6.07) is 11.5. The van der Waals surface area contributed by atoms with E-state index in [2.05, 4.69) is 15.6 Å². The number of piperidine rings is 1. The number of aromatic nitrogens is 2. The molecule has 1 aromatic carbocycles. The van der Waals surface area contributed by atoms with E-state index in [1.807, 2.05) is 38.1 Å². The van der Waals surface area contributed by atoms with E-state index in [-0.39, 0.29) is 11.9 Å². The molecule has 0 saturated carbocycles. The average Bonchev–Trinajstić information content (AvgIpc) is 3.21. The fraction of sp³-hybridized carbons (Fsp3) is 0.400. The van der Waals surface area contributed by atoms with Gasteiger partial charge in [-0.05, 0) is 62.5 Å². The molecular formula is C25H29ClN4O3. The Kier molecular flexibility index (Phi) is 7.00. The SMILES string of the molecule is CCOC(=O)C1(c2ccc(CNC(=O)c3c(CC)nc4ccc(Cl)cn34)cc2)CCNCC1. The minimum atomic E-state index is -0.616.